The molecule has 0 spiro atoms. The maximum atomic E-state index is 10.7. The summed E-state index contributed by atoms with van der Waals surface area (Å²) < 4.78 is 1.84. The molecule has 1 N–H and O–H groups in total. The molecule has 0 aliphatic carbocycles. The van der Waals surface area contributed by atoms with Gasteiger partial charge in [0.25, 0.3) is 0 Å². The Labute approximate surface area is 92.4 Å². The summed E-state index contributed by atoms with van der Waals surface area (Å²) in [7, 11) is 0. The number of hydrogen-bond donors (Lipinski definition) is 1. The van der Waals surface area contributed by atoms with Gasteiger partial charge < -0.3 is 5.11 Å². The maximum absolute atomic E-state index is 10.7. The van der Waals surface area contributed by atoms with Gasteiger partial charge in [0.2, 0.25) is 0 Å². The predicted molar refractivity (Wildman–Crippen MR) is 57.7 cm³/mol. The van der Waals surface area contributed by atoms with E-state index in [1.54, 1.807) is 12.3 Å². The quantitative estimate of drug-likeness (QED) is 0.846. The lowest BCUT2D eigenvalue weighted by Crippen LogP contribution is -2.03. The Morgan fingerprint density at radius 2 is 2.25 bits per heavy atom. The molecular formula is C11H11N3O2. The van der Waals surface area contributed by atoms with Gasteiger partial charge in [-0.3, -0.25) is 4.57 Å². The van der Waals surface area contributed by atoms with Crippen LogP contribution in [-0.4, -0.2) is 25.6 Å². The van der Waals surface area contributed by atoms with Crippen LogP contribution < -0.4 is 0 Å². The zero-order valence-corrected chi connectivity index (χ0v) is 8.79. The van der Waals surface area contributed by atoms with Crippen molar-refractivity contribution in [2.45, 2.75) is 13.3 Å². The molecule has 2 aromatic rings. The zero-order chi connectivity index (χ0) is 11.5. The van der Waals surface area contributed by atoms with Crippen molar-refractivity contribution in [1.82, 2.24) is 14.5 Å². The lowest BCUT2D eigenvalue weighted by molar-refractivity contribution is 0.0696. The molecule has 0 aliphatic heterocycles. The first-order valence-electron chi connectivity index (χ1n) is 4.94. The molecule has 0 radical (unpaired) electrons. The molecule has 0 atom stereocenters. The Morgan fingerprint density at radius 3 is 2.81 bits per heavy atom. The van der Waals surface area contributed by atoms with E-state index in [-0.39, 0.29) is 5.56 Å². The van der Waals surface area contributed by atoms with E-state index in [9.17, 15) is 4.79 Å². The van der Waals surface area contributed by atoms with E-state index in [0.717, 1.165) is 12.2 Å². The van der Waals surface area contributed by atoms with Gasteiger partial charge in [-0.15, -0.1) is 0 Å². The van der Waals surface area contributed by atoms with Gasteiger partial charge in [-0.1, -0.05) is 6.92 Å². The summed E-state index contributed by atoms with van der Waals surface area (Å²) in [6.07, 6.45) is 5.65. The van der Waals surface area contributed by atoms with Crippen molar-refractivity contribution in [3.8, 4) is 5.82 Å². The molecule has 0 fully saturated rings. The number of aromatic nitrogens is 3. The van der Waals surface area contributed by atoms with Crippen LogP contribution in [0.25, 0.3) is 5.82 Å². The van der Waals surface area contributed by atoms with Gasteiger partial charge in [0.15, 0.2) is 0 Å². The maximum Gasteiger partial charge on any atom is 0.337 e. The molecule has 0 saturated heterocycles. The number of aromatic carboxylic acids is 1. The molecule has 0 saturated carbocycles. The number of imidazole rings is 1. The van der Waals surface area contributed by atoms with E-state index >= 15 is 0 Å². The number of nitrogens with zero attached hydrogens (tertiary/aromatic N) is 3. The zero-order valence-electron chi connectivity index (χ0n) is 8.79. The second kappa shape index (κ2) is 4.14. The monoisotopic (exact) mass is 217 g/mol. The van der Waals surface area contributed by atoms with Crippen LogP contribution >= 0.6 is 0 Å². The third kappa shape index (κ3) is 1.79. The van der Waals surface area contributed by atoms with Crippen LogP contribution in [0.4, 0.5) is 0 Å². The Balaban J connectivity index is 2.38. The van der Waals surface area contributed by atoms with E-state index in [2.05, 4.69) is 9.97 Å². The third-order valence-corrected chi connectivity index (χ3v) is 2.28. The first-order chi connectivity index (χ1) is 7.72. The molecule has 5 heteroatoms. The highest BCUT2D eigenvalue weighted by Gasteiger charge is 2.06. The second-order valence-electron chi connectivity index (χ2n) is 3.28. The summed E-state index contributed by atoms with van der Waals surface area (Å²) in [5.41, 5.74) is 0.182. The third-order valence-electron chi connectivity index (χ3n) is 2.28. The number of carbonyl (C=O) groups is 1. The van der Waals surface area contributed by atoms with Crippen molar-refractivity contribution in [3.05, 3.63) is 42.1 Å². The number of hydrogen-bond acceptors (Lipinski definition) is 3. The summed E-state index contributed by atoms with van der Waals surface area (Å²) in [4.78, 5) is 18.9. The molecular weight excluding hydrogens is 206 g/mol. The van der Waals surface area contributed by atoms with Crippen molar-refractivity contribution in [1.29, 1.82) is 0 Å². The molecule has 16 heavy (non-hydrogen) atoms. The van der Waals surface area contributed by atoms with Crippen LogP contribution in [0.1, 0.15) is 23.1 Å². The van der Waals surface area contributed by atoms with Gasteiger partial charge in [0, 0.05) is 25.0 Å². The summed E-state index contributed by atoms with van der Waals surface area (Å²) in [5, 5.41) is 8.75. The highest BCUT2D eigenvalue weighted by atomic mass is 16.4. The minimum Gasteiger partial charge on any atom is -0.478 e. The number of pyridine rings is 1. The topological polar surface area (TPSA) is 68.0 Å². The fraction of sp³-hybridized carbons (Fsp3) is 0.182. The number of carboxylic acids is 1. The van der Waals surface area contributed by atoms with Gasteiger partial charge >= 0.3 is 5.97 Å². The molecule has 2 rings (SSSR count). The smallest absolute Gasteiger partial charge is 0.337 e. The summed E-state index contributed by atoms with van der Waals surface area (Å²) in [6.45, 7) is 2.00. The van der Waals surface area contributed by atoms with Gasteiger partial charge in [-0.25, -0.2) is 14.8 Å². The Hall–Kier alpha value is -2.17. The first-order valence-corrected chi connectivity index (χ1v) is 4.94. The van der Waals surface area contributed by atoms with Gasteiger partial charge in [-0.2, -0.15) is 0 Å². The Morgan fingerprint density at radius 1 is 1.44 bits per heavy atom. The molecule has 0 aliphatic rings. The van der Waals surface area contributed by atoms with Gasteiger partial charge in [-0.05, 0) is 12.1 Å². The number of carboxylic acid groups (broad SMARTS) is 1. The molecule has 0 amide bonds. The van der Waals surface area contributed by atoms with Crippen LogP contribution in [0.15, 0.2) is 30.7 Å². The average molecular weight is 217 g/mol. The number of rotatable bonds is 3. The first kappa shape index (κ1) is 10.4. The normalized spacial score (nSPS) is 10.3. The molecule has 0 bridgehead atoms. The van der Waals surface area contributed by atoms with Crippen molar-refractivity contribution in [2.75, 3.05) is 0 Å². The van der Waals surface area contributed by atoms with E-state index in [1.165, 1.54) is 12.3 Å². The number of aryl methyl sites for hydroxylation is 1. The van der Waals surface area contributed by atoms with Crippen LogP contribution in [0.3, 0.4) is 0 Å². The van der Waals surface area contributed by atoms with Gasteiger partial charge in [0.1, 0.15) is 11.6 Å². The molecule has 2 heterocycles. The van der Waals surface area contributed by atoms with Gasteiger partial charge in [0.05, 0.1) is 5.56 Å². The molecule has 2 aromatic heterocycles. The standard InChI is InChI=1S/C11H11N3O2/c1-2-9-12-5-6-14(9)10-4-3-8(7-13-10)11(15)16/h3-7H,2H2,1H3,(H,15,16). The highest BCUT2D eigenvalue weighted by molar-refractivity contribution is 5.87. The van der Waals surface area contributed by atoms with Crippen molar-refractivity contribution in [3.63, 3.8) is 0 Å². The lowest BCUT2D eigenvalue weighted by Gasteiger charge is -2.05. The van der Waals surface area contributed by atoms with Crippen molar-refractivity contribution < 1.29 is 9.90 Å². The van der Waals surface area contributed by atoms with Crippen LogP contribution in [0.5, 0.6) is 0 Å². The minimum absolute atomic E-state index is 0.182. The Kier molecular flexibility index (Phi) is 2.68. The van der Waals surface area contributed by atoms with E-state index in [0.29, 0.717) is 5.82 Å². The fourth-order valence-corrected chi connectivity index (χ4v) is 1.46. The largest absolute Gasteiger partial charge is 0.478 e. The molecule has 0 unspecified atom stereocenters. The molecule has 82 valence electrons. The fourth-order valence-electron chi connectivity index (χ4n) is 1.46. The van der Waals surface area contributed by atoms with Crippen LogP contribution in [-0.2, 0) is 6.42 Å². The second-order valence-corrected chi connectivity index (χ2v) is 3.28. The summed E-state index contributed by atoms with van der Waals surface area (Å²) in [5.74, 6) is 0.607. The predicted octanol–water partition coefficient (Wildman–Crippen LogP) is 1.53. The average Bonchev–Trinajstić information content (AvgIpc) is 2.77. The van der Waals surface area contributed by atoms with E-state index in [1.807, 2.05) is 17.7 Å². The van der Waals surface area contributed by atoms with Crippen LogP contribution in [0, 0.1) is 0 Å². The van der Waals surface area contributed by atoms with Crippen molar-refractivity contribution in [2.24, 2.45) is 0 Å². The SMILES string of the molecule is CCc1nccn1-c1ccc(C(=O)O)cn1. The minimum atomic E-state index is -0.972. The Bertz CT molecular complexity index is 502. The van der Waals surface area contributed by atoms with E-state index < -0.39 is 5.97 Å². The summed E-state index contributed by atoms with van der Waals surface area (Å²) in [6, 6.07) is 3.20. The van der Waals surface area contributed by atoms with E-state index in [4.69, 9.17) is 5.11 Å². The van der Waals surface area contributed by atoms with Crippen LogP contribution in [0.2, 0.25) is 0 Å². The molecule has 5 nitrogen and oxygen atoms in total. The highest BCUT2D eigenvalue weighted by Crippen LogP contribution is 2.09. The summed E-state index contributed by atoms with van der Waals surface area (Å²) >= 11 is 0. The van der Waals surface area contributed by atoms with Crippen molar-refractivity contribution >= 4 is 5.97 Å². The molecule has 0 aromatic carbocycles. The lowest BCUT2D eigenvalue weighted by atomic mass is 10.3.